The quantitative estimate of drug-likeness (QED) is 0.244. The lowest BCUT2D eigenvalue weighted by atomic mass is 9.98. The summed E-state index contributed by atoms with van der Waals surface area (Å²) in [7, 11) is 1.10. The number of carbonyl (C=O) groups is 3. The van der Waals surface area contributed by atoms with Crippen molar-refractivity contribution < 1.29 is 41.8 Å². The number of carboxylic acid groups (broad SMARTS) is 1. The van der Waals surface area contributed by atoms with Gasteiger partial charge in [0.05, 0.1) is 23.8 Å². The first-order valence-corrected chi connectivity index (χ1v) is 11.5. The lowest BCUT2D eigenvalue weighted by molar-refractivity contribution is -0.143. The van der Waals surface area contributed by atoms with E-state index in [0.29, 0.717) is 5.56 Å². The zero-order valence-corrected chi connectivity index (χ0v) is 20.3. The Balaban J connectivity index is 1.70. The number of ether oxygens (including phenoxy) is 1. The second-order valence-electron chi connectivity index (χ2n) is 8.52. The maximum Gasteiger partial charge on any atom is 0.416 e. The first kappa shape index (κ1) is 27.2. The predicted molar refractivity (Wildman–Crippen MR) is 133 cm³/mol. The van der Waals surface area contributed by atoms with Crippen molar-refractivity contribution in [2.24, 2.45) is 0 Å². The lowest BCUT2D eigenvalue weighted by Gasteiger charge is -2.17. The summed E-state index contributed by atoms with van der Waals surface area (Å²) in [5, 5.41) is 12.3. The number of hydrogen-bond donors (Lipinski definition) is 2. The molecule has 0 unspecified atom stereocenters. The number of carbonyl (C=O) groups excluding carboxylic acids is 2. The number of rotatable bonds is 7. The van der Waals surface area contributed by atoms with E-state index in [1.165, 1.54) is 48.5 Å². The van der Waals surface area contributed by atoms with Gasteiger partial charge in [-0.2, -0.15) is 13.2 Å². The Labute approximate surface area is 219 Å². The largest absolute Gasteiger partial charge is 0.478 e. The molecule has 39 heavy (non-hydrogen) atoms. The smallest absolute Gasteiger partial charge is 0.416 e. The number of alkyl halides is 3. The number of carboxylic acids is 1. The number of methoxy groups -OCH3 is 1. The van der Waals surface area contributed by atoms with Crippen LogP contribution in [0.3, 0.4) is 0 Å². The van der Waals surface area contributed by atoms with Crippen LogP contribution >= 0.6 is 0 Å². The average molecular weight is 540 g/mol. The molecule has 0 aliphatic heterocycles. The molecule has 7 nitrogen and oxygen atoms in total. The standard InChI is InChI=1S/C28H20F4N2O5/c1-39-27(38)24(13-17-5-2-3-8-21(17)29)34-25(35)23-14-20(26(36)37)19-12-16(9-10-22(19)33-23)15-6-4-7-18(11-15)28(30,31)32/h2-12,14,24H,13H2,1H3,(H,34,35)(H,36,37)/t24-/m0/s1. The molecular weight excluding hydrogens is 520 g/mol. The van der Waals surface area contributed by atoms with E-state index in [-0.39, 0.29) is 39.7 Å². The van der Waals surface area contributed by atoms with Crippen LogP contribution in [-0.4, -0.2) is 41.1 Å². The first-order valence-electron chi connectivity index (χ1n) is 11.5. The van der Waals surface area contributed by atoms with Crippen molar-refractivity contribution in [1.29, 1.82) is 0 Å². The van der Waals surface area contributed by atoms with Crippen LogP contribution in [0.15, 0.2) is 72.8 Å². The first-order chi connectivity index (χ1) is 18.5. The van der Waals surface area contributed by atoms with E-state index in [1.54, 1.807) is 6.07 Å². The van der Waals surface area contributed by atoms with Crippen molar-refractivity contribution in [3.8, 4) is 11.1 Å². The predicted octanol–water partition coefficient (Wildman–Crippen LogP) is 5.27. The second kappa shape index (κ2) is 10.9. The molecule has 0 saturated carbocycles. The number of hydrogen-bond acceptors (Lipinski definition) is 5. The highest BCUT2D eigenvalue weighted by molar-refractivity contribution is 6.07. The number of benzene rings is 3. The van der Waals surface area contributed by atoms with E-state index < -0.39 is 41.4 Å². The van der Waals surface area contributed by atoms with Crippen LogP contribution in [0.1, 0.15) is 32.0 Å². The van der Waals surface area contributed by atoms with Crippen molar-refractivity contribution in [3.63, 3.8) is 0 Å². The average Bonchev–Trinajstić information content (AvgIpc) is 2.91. The monoisotopic (exact) mass is 540 g/mol. The van der Waals surface area contributed by atoms with Crippen molar-refractivity contribution >= 4 is 28.7 Å². The molecule has 0 fully saturated rings. The minimum absolute atomic E-state index is 0.0829. The number of esters is 1. The summed E-state index contributed by atoms with van der Waals surface area (Å²) >= 11 is 0. The third-order valence-corrected chi connectivity index (χ3v) is 5.97. The molecule has 0 saturated heterocycles. The van der Waals surface area contributed by atoms with Crippen LogP contribution in [0.4, 0.5) is 17.6 Å². The zero-order valence-electron chi connectivity index (χ0n) is 20.3. The Morgan fingerprint density at radius 2 is 1.69 bits per heavy atom. The van der Waals surface area contributed by atoms with E-state index in [2.05, 4.69) is 10.3 Å². The normalized spacial score (nSPS) is 12.1. The van der Waals surface area contributed by atoms with E-state index in [0.717, 1.165) is 25.3 Å². The fourth-order valence-electron chi connectivity index (χ4n) is 4.03. The third-order valence-electron chi connectivity index (χ3n) is 5.97. The van der Waals surface area contributed by atoms with Crippen molar-refractivity contribution in [1.82, 2.24) is 10.3 Å². The highest BCUT2D eigenvalue weighted by atomic mass is 19.4. The maximum atomic E-state index is 14.1. The Kier molecular flexibility index (Phi) is 7.61. The Hall–Kier alpha value is -4.80. The van der Waals surface area contributed by atoms with Gasteiger partial charge >= 0.3 is 18.1 Å². The lowest BCUT2D eigenvalue weighted by Crippen LogP contribution is -2.43. The molecule has 1 heterocycles. The van der Waals surface area contributed by atoms with Crippen LogP contribution in [0.25, 0.3) is 22.0 Å². The number of fused-ring (bicyclic) bond motifs is 1. The van der Waals surface area contributed by atoms with E-state index in [1.807, 2.05) is 0 Å². The van der Waals surface area contributed by atoms with Crippen molar-refractivity contribution in [2.45, 2.75) is 18.6 Å². The SMILES string of the molecule is COC(=O)[C@H](Cc1ccccc1F)NC(=O)c1cc(C(=O)O)c2cc(-c3cccc(C(F)(F)F)c3)ccc2n1. The van der Waals surface area contributed by atoms with E-state index in [4.69, 9.17) is 4.74 Å². The molecule has 2 N–H and O–H groups in total. The summed E-state index contributed by atoms with van der Waals surface area (Å²) < 4.78 is 58.3. The molecule has 4 aromatic rings. The van der Waals surface area contributed by atoms with Crippen molar-refractivity contribution in [3.05, 3.63) is 101 Å². The van der Waals surface area contributed by atoms with Crippen LogP contribution in [0.2, 0.25) is 0 Å². The van der Waals surface area contributed by atoms with Gasteiger partial charge in [0.25, 0.3) is 5.91 Å². The van der Waals surface area contributed by atoms with E-state index >= 15 is 0 Å². The summed E-state index contributed by atoms with van der Waals surface area (Å²) in [6.45, 7) is 0. The summed E-state index contributed by atoms with van der Waals surface area (Å²) in [5.41, 5.74) is -0.784. The van der Waals surface area contributed by atoms with Gasteiger partial charge in [-0.3, -0.25) is 4.79 Å². The number of nitrogens with one attached hydrogen (secondary N) is 1. The molecule has 1 amide bonds. The molecule has 1 aromatic heterocycles. The molecule has 1 atom stereocenters. The van der Waals surface area contributed by atoms with Gasteiger partial charge in [0.1, 0.15) is 17.6 Å². The Morgan fingerprint density at radius 1 is 0.974 bits per heavy atom. The van der Waals surface area contributed by atoms with Gasteiger partial charge in [-0.1, -0.05) is 36.4 Å². The molecule has 0 aliphatic rings. The molecule has 0 radical (unpaired) electrons. The van der Waals surface area contributed by atoms with Gasteiger partial charge in [0.15, 0.2) is 0 Å². The molecule has 0 aliphatic carbocycles. The number of halogens is 4. The van der Waals surface area contributed by atoms with Gasteiger partial charge in [-0.05, 0) is 53.1 Å². The fraction of sp³-hybridized carbons (Fsp3) is 0.143. The van der Waals surface area contributed by atoms with Crippen LogP contribution in [-0.2, 0) is 22.1 Å². The van der Waals surface area contributed by atoms with E-state index in [9.17, 15) is 37.1 Å². The van der Waals surface area contributed by atoms with Crippen molar-refractivity contribution in [2.75, 3.05) is 7.11 Å². The van der Waals surface area contributed by atoms with Crippen LogP contribution in [0.5, 0.6) is 0 Å². The number of aromatic carboxylic acids is 1. The molecule has 3 aromatic carbocycles. The maximum absolute atomic E-state index is 14.1. The highest BCUT2D eigenvalue weighted by Gasteiger charge is 2.30. The van der Waals surface area contributed by atoms with Crippen LogP contribution in [0, 0.1) is 5.82 Å². The number of amides is 1. The van der Waals surface area contributed by atoms with Crippen LogP contribution < -0.4 is 5.32 Å². The topological polar surface area (TPSA) is 106 Å². The summed E-state index contributed by atoms with van der Waals surface area (Å²) in [6.07, 6.45) is -4.79. The summed E-state index contributed by atoms with van der Waals surface area (Å²) in [5.74, 6) is -3.76. The zero-order chi connectivity index (χ0) is 28.3. The van der Waals surface area contributed by atoms with Gasteiger partial charge in [-0.15, -0.1) is 0 Å². The molecule has 11 heteroatoms. The second-order valence-corrected chi connectivity index (χ2v) is 8.52. The van der Waals surface area contributed by atoms with Gasteiger partial charge < -0.3 is 15.2 Å². The number of aromatic nitrogens is 1. The van der Waals surface area contributed by atoms with Gasteiger partial charge in [0, 0.05) is 11.8 Å². The molecule has 0 bridgehead atoms. The summed E-state index contributed by atoms with van der Waals surface area (Å²) in [6, 6.07) is 14.1. The third kappa shape index (κ3) is 6.03. The fourth-order valence-corrected chi connectivity index (χ4v) is 4.03. The van der Waals surface area contributed by atoms with Gasteiger partial charge in [-0.25, -0.2) is 19.0 Å². The Bertz CT molecular complexity index is 1590. The highest BCUT2D eigenvalue weighted by Crippen LogP contribution is 2.33. The minimum Gasteiger partial charge on any atom is -0.478 e. The Morgan fingerprint density at radius 3 is 2.36 bits per heavy atom. The molecule has 4 rings (SSSR count). The van der Waals surface area contributed by atoms with Gasteiger partial charge in [0.2, 0.25) is 0 Å². The minimum atomic E-state index is -4.56. The molecule has 200 valence electrons. The summed E-state index contributed by atoms with van der Waals surface area (Å²) in [4.78, 5) is 41.6. The number of nitrogens with zero attached hydrogens (tertiary/aromatic N) is 1. The molecular formula is C28H20F4N2O5. The number of pyridine rings is 1. The molecule has 0 spiro atoms.